The second-order valence-corrected chi connectivity index (χ2v) is 5.68. The number of hydrogen-bond donors (Lipinski definition) is 1. The second-order valence-electron chi connectivity index (χ2n) is 5.68. The summed E-state index contributed by atoms with van der Waals surface area (Å²) in [4.78, 5) is 2.29. The number of aromatic nitrogens is 2. The Morgan fingerprint density at radius 2 is 2.00 bits per heavy atom. The van der Waals surface area contributed by atoms with Crippen LogP contribution in [0, 0.1) is 13.8 Å². The van der Waals surface area contributed by atoms with E-state index in [0.717, 1.165) is 43.1 Å². The second kappa shape index (κ2) is 5.38. The van der Waals surface area contributed by atoms with Crippen molar-refractivity contribution in [3.05, 3.63) is 47.3 Å². The molecule has 1 unspecified atom stereocenters. The number of aliphatic hydroxyl groups excluding tert-OH is 1. The number of β-amino-alcohol motifs (C(OH)–C–C–N with tert-alkyl or cyclic N) is 1. The van der Waals surface area contributed by atoms with Gasteiger partial charge in [0.05, 0.1) is 17.5 Å². The minimum atomic E-state index is -0.149. The lowest BCUT2D eigenvalue weighted by Gasteiger charge is -2.15. The van der Waals surface area contributed by atoms with E-state index in [2.05, 4.69) is 47.3 Å². The maximum absolute atomic E-state index is 9.55. The molecule has 1 fully saturated rings. The third kappa shape index (κ3) is 2.76. The first-order valence-corrected chi connectivity index (χ1v) is 7.15. The van der Waals surface area contributed by atoms with Gasteiger partial charge >= 0.3 is 0 Å². The fraction of sp³-hybridized carbons (Fsp3) is 0.438. The Labute approximate surface area is 119 Å². The van der Waals surface area contributed by atoms with Gasteiger partial charge in [0.15, 0.2) is 0 Å². The van der Waals surface area contributed by atoms with E-state index in [1.807, 2.05) is 11.6 Å². The van der Waals surface area contributed by atoms with Gasteiger partial charge in [-0.2, -0.15) is 5.10 Å². The summed E-state index contributed by atoms with van der Waals surface area (Å²) in [5.74, 6) is 0. The molecule has 2 heterocycles. The zero-order valence-electron chi connectivity index (χ0n) is 12.1. The molecule has 3 rings (SSSR count). The summed E-state index contributed by atoms with van der Waals surface area (Å²) in [5.41, 5.74) is 4.57. The van der Waals surface area contributed by atoms with E-state index in [9.17, 15) is 5.11 Å². The Bertz CT molecular complexity index is 588. The van der Waals surface area contributed by atoms with Crippen LogP contribution in [0.4, 0.5) is 0 Å². The van der Waals surface area contributed by atoms with Crippen LogP contribution in [0.25, 0.3) is 5.69 Å². The van der Waals surface area contributed by atoms with Crippen LogP contribution in [0.1, 0.15) is 23.4 Å². The van der Waals surface area contributed by atoms with Crippen LogP contribution in [0.3, 0.4) is 0 Å². The Balaban J connectivity index is 1.73. The fourth-order valence-corrected chi connectivity index (χ4v) is 2.85. The first-order chi connectivity index (χ1) is 9.61. The van der Waals surface area contributed by atoms with Gasteiger partial charge in [0.1, 0.15) is 0 Å². The molecular formula is C16H21N3O. The van der Waals surface area contributed by atoms with E-state index in [1.54, 1.807) is 0 Å². The van der Waals surface area contributed by atoms with Crippen molar-refractivity contribution in [1.29, 1.82) is 0 Å². The van der Waals surface area contributed by atoms with Crippen molar-refractivity contribution >= 4 is 0 Å². The number of hydrogen-bond acceptors (Lipinski definition) is 3. The molecule has 106 valence electrons. The fourth-order valence-electron chi connectivity index (χ4n) is 2.85. The molecule has 0 spiro atoms. The monoisotopic (exact) mass is 271 g/mol. The molecule has 0 bridgehead atoms. The first kappa shape index (κ1) is 13.3. The molecule has 0 saturated carbocycles. The molecule has 20 heavy (non-hydrogen) atoms. The Morgan fingerprint density at radius 1 is 1.25 bits per heavy atom. The number of nitrogens with zero attached hydrogens (tertiary/aromatic N) is 3. The normalized spacial score (nSPS) is 19.6. The highest BCUT2D eigenvalue weighted by Gasteiger charge is 2.19. The van der Waals surface area contributed by atoms with Crippen LogP contribution in [0.5, 0.6) is 0 Å². The van der Waals surface area contributed by atoms with E-state index >= 15 is 0 Å². The van der Waals surface area contributed by atoms with Gasteiger partial charge < -0.3 is 5.11 Å². The molecule has 4 nitrogen and oxygen atoms in total. The number of likely N-dealkylation sites (tertiary alicyclic amines) is 1. The van der Waals surface area contributed by atoms with Crippen molar-refractivity contribution in [2.75, 3.05) is 13.1 Å². The highest BCUT2D eigenvalue weighted by molar-refractivity contribution is 5.36. The highest BCUT2D eigenvalue weighted by Crippen LogP contribution is 2.16. The lowest BCUT2D eigenvalue weighted by atomic mass is 10.2. The van der Waals surface area contributed by atoms with E-state index in [0.29, 0.717) is 0 Å². The SMILES string of the molecule is Cc1cc(C)n(-c2ccc(CN3CCC(O)C3)cc2)n1. The van der Waals surface area contributed by atoms with Crippen LogP contribution >= 0.6 is 0 Å². The third-order valence-electron chi connectivity index (χ3n) is 3.84. The van der Waals surface area contributed by atoms with Crippen molar-refractivity contribution in [2.45, 2.75) is 32.9 Å². The van der Waals surface area contributed by atoms with Crippen molar-refractivity contribution in [2.24, 2.45) is 0 Å². The summed E-state index contributed by atoms with van der Waals surface area (Å²) in [6, 6.07) is 10.6. The van der Waals surface area contributed by atoms with Crippen LogP contribution in [0.2, 0.25) is 0 Å². The highest BCUT2D eigenvalue weighted by atomic mass is 16.3. The Morgan fingerprint density at radius 3 is 2.55 bits per heavy atom. The summed E-state index contributed by atoms with van der Waals surface area (Å²) in [7, 11) is 0. The zero-order valence-corrected chi connectivity index (χ0v) is 12.1. The summed E-state index contributed by atoms with van der Waals surface area (Å²) < 4.78 is 1.97. The van der Waals surface area contributed by atoms with E-state index in [4.69, 9.17) is 0 Å². The van der Waals surface area contributed by atoms with Crippen LogP contribution in [-0.2, 0) is 6.54 Å². The first-order valence-electron chi connectivity index (χ1n) is 7.15. The average Bonchev–Trinajstić information content (AvgIpc) is 2.96. The van der Waals surface area contributed by atoms with Crippen molar-refractivity contribution in [3.63, 3.8) is 0 Å². The summed E-state index contributed by atoms with van der Waals surface area (Å²) >= 11 is 0. The lowest BCUT2D eigenvalue weighted by molar-refractivity contribution is 0.175. The van der Waals surface area contributed by atoms with Gasteiger partial charge in [-0.15, -0.1) is 0 Å². The van der Waals surface area contributed by atoms with Crippen LogP contribution < -0.4 is 0 Å². The van der Waals surface area contributed by atoms with Crippen molar-refractivity contribution < 1.29 is 5.11 Å². The number of benzene rings is 1. The number of rotatable bonds is 3. The molecule has 0 amide bonds. The molecule has 4 heteroatoms. The van der Waals surface area contributed by atoms with Crippen LogP contribution in [0.15, 0.2) is 30.3 Å². The molecule has 1 atom stereocenters. The minimum absolute atomic E-state index is 0.149. The van der Waals surface area contributed by atoms with E-state index in [1.165, 1.54) is 5.56 Å². The smallest absolute Gasteiger partial charge is 0.0679 e. The molecule has 1 aliphatic rings. The number of aryl methyl sites for hydroxylation is 2. The van der Waals surface area contributed by atoms with Gasteiger partial charge in [-0.25, -0.2) is 4.68 Å². The standard InChI is InChI=1S/C16H21N3O/c1-12-9-13(2)19(17-12)15-5-3-14(4-6-15)10-18-8-7-16(20)11-18/h3-6,9,16,20H,7-8,10-11H2,1-2H3. The average molecular weight is 271 g/mol. The van der Waals surface area contributed by atoms with Gasteiger partial charge in [-0.3, -0.25) is 4.90 Å². The molecular weight excluding hydrogens is 250 g/mol. The maximum Gasteiger partial charge on any atom is 0.0679 e. The summed E-state index contributed by atoms with van der Waals surface area (Å²) in [5, 5.41) is 14.0. The van der Waals surface area contributed by atoms with Crippen molar-refractivity contribution in [3.8, 4) is 5.69 Å². The molecule has 1 saturated heterocycles. The lowest BCUT2D eigenvalue weighted by Crippen LogP contribution is -2.21. The molecule has 1 N–H and O–H groups in total. The predicted octanol–water partition coefficient (Wildman–Crippen LogP) is 2.06. The third-order valence-corrected chi connectivity index (χ3v) is 3.84. The van der Waals surface area contributed by atoms with Gasteiger partial charge in [0, 0.05) is 25.3 Å². The van der Waals surface area contributed by atoms with Gasteiger partial charge in [-0.05, 0) is 44.0 Å². The van der Waals surface area contributed by atoms with Gasteiger partial charge in [0.2, 0.25) is 0 Å². The molecule has 1 aromatic carbocycles. The zero-order chi connectivity index (χ0) is 14.1. The topological polar surface area (TPSA) is 41.3 Å². The maximum atomic E-state index is 9.55. The molecule has 0 radical (unpaired) electrons. The molecule has 1 aromatic heterocycles. The van der Waals surface area contributed by atoms with E-state index < -0.39 is 0 Å². The largest absolute Gasteiger partial charge is 0.392 e. The summed E-state index contributed by atoms with van der Waals surface area (Å²) in [6.07, 6.45) is 0.744. The van der Waals surface area contributed by atoms with Crippen LogP contribution in [-0.4, -0.2) is 39.0 Å². The Hall–Kier alpha value is -1.65. The Kier molecular flexibility index (Phi) is 3.59. The molecule has 1 aliphatic heterocycles. The summed E-state index contributed by atoms with van der Waals surface area (Å²) in [6.45, 7) is 6.77. The molecule has 2 aromatic rings. The molecule has 0 aliphatic carbocycles. The minimum Gasteiger partial charge on any atom is -0.392 e. The quantitative estimate of drug-likeness (QED) is 0.929. The van der Waals surface area contributed by atoms with Gasteiger partial charge in [-0.1, -0.05) is 12.1 Å². The van der Waals surface area contributed by atoms with Crippen molar-refractivity contribution in [1.82, 2.24) is 14.7 Å². The predicted molar refractivity (Wildman–Crippen MR) is 78.9 cm³/mol. The number of aliphatic hydroxyl groups is 1. The van der Waals surface area contributed by atoms with Gasteiger partial charge in [0.25, 0.3) is 0 Å². The van der Waals surface area contributed by atoms with E-state index in [-0.39, 0.29) is 6.10 Å².